The van der Waals surface area contributed by atoms with Crippen molar-refractivity contribution in [1.82, 2.24) is 15.3 Å². The minimum atomic E-state index is -0.691. The molecular formula is C14H16N4OS. The fourth-order valence-corrected chi connectivity index (χ4v) is 1.95. The third-order valence-corrected chi connectivity index (χ3v) is 3.82. The SMILES string of the molecule is CCC(C)(NC(=O)c1ccc2nccnc2c1)C(N)=S. The fraction of sp³-hybridized carbons (Fsp3) is 0.286. The number of nitrogens with zero attached hydrogens (tertiary/aromatic N) is 2. The molecule has 1 heterocycles. The second-order valence-corrected chi connectivity index (χ2v) is 5.20. The summed E-state index contributed by atoms with van der Waals surface area (Å²) in [5.41, 5.74) is 6.93. The summed E-state index contributed by atoms with van der Waals surface area (Å²) in [6.45, 7) is 3.74. The van der Waals surface area contributed by atoms with E-state index in [1.165, 1.54) is 0 Å². The highest BCUT2D eigenvalue weighted by atomic mass is 32.1. The van der Waals surface area contributed by atoms with E-state index in [0.29, 0.717) is 17.5 Å². The van der Waals surface area contributed by atoms with Crippen molar-refractivity contribution in [3.05, 3.63) is 36.2 Å². The van der Waals surface area contributed by atoms with Gasteiger partial charge in [-0.25, -0.2) is 0 Å². The molecule has 0 aliphatic heterocycles. The third kappa shape index (κ3) is 2.75. The third-order valence-electron chi connectivity index (χ3n) is 3.37. The van der Waals surface area contributed by atoms with E-state index < -0.39 is 5.54 Å². The number of hydrogen-bond donors (Lipinski definition) is 2. The van der Waals surface area contributed by atoms with Crippen LogP contribution in [-0.4, -0.2) is 26.4 Å². The first-order valence-corrected chi connectivity index (χ1v) is 6.70. The van der Waals surface area contributed by atoms with Crippen LogP contribution in [0.1, 0.15) is 30.6 Å². The van der Waals surface area contributed by atoms with Gasteiger partial charge in [0.25, 0.3) is 5.91 Å². The van der Waals surface area contributed by atoms with Crippen molar-refractivity contribution in [2.24, 2.45) is 5.73 Å². The van der Waals surface area contributed by atoms with Gasteiger partial charge in [-0.15, -0.1) is 0 Å². The topological polar surface area (TPSA) is 80.9 Å². The van der Waals surface area contributed by atoms with Crippen LogP contribution in [0.2, 0.25) is 0 Å². The molecule has 1 atom stereocenters. The number of aromatic nitrogens is 2. The molecule has 2 aromatic rings. The summed E-state index contributed by atoms with van der Waals surface area (Å²) in [7, 11) is 0. The lowest BCUT2D eigenvalue weighted by molar-refractivity contribution is 0.0926. The van der Waals surface area contributed by atoms with Crippen LogP contribution in [0.15, 0.2) is 30.6 Å². The number of hydrogen-bond acceptors (Lipinski definition) is 4. The van der Waals surface area contributed by atoms with E-state index in [2.05, 4.69) is 15.3 Å². The van der Waals surface area contributed by atoms with Gasteiger partial charge in [-0.1, -0.05) is 19.1 Å². The molecule has 6 heteroatoms. The van der Waals surface area contributed by atoms with E-state index in [-0.39, 0.29) is 10.9 Å². The highest BCUT2D eigenvalue weighted by Crippen LogP contribution is 2.14. The zero-order valence-corrected chi connectivity index (χ0v) is 12.2. The molecule has 0 aliphatic rings. The lowest BCUT2D eigenvalue weighted by Gasteiger charge is -2.28. The van der Waals surface area contributed by atoms with Gasteiger partial charge in [0.2, 0.25) is 0 Å². The lowest BCUT2D eigenvalue weighted by atomic mass is 9.98. The van der Waals surface area contributed by atoms with Crippen LogP contribution in [0.5, 0.6) is 0 Å². The van der Waals surface area contributed by atoms with Gasteiger partial charge in [-0.05, 0) is 31.5 Å². The molecule has 20 heavy (non-hydrogen) atoms. The van der Waals surface area contributed by atoms with Crippen molar-refractivity contribution in [1.29, 1.82) is 0 Å². The molecule has 0 saturated carbocycles. The Hall–Kier alpha value is -2.08. The van der Waals surface area contributed by atoms with Crippen LogP contribution < -0.4 is 11.1 Å². The monoisotopic (exact) mass is 288 g/mol. The van der Waals surface area contributed by atoms with Crippen molar-refractivity contribution in [3.63, 3.8) is 0 Å². The van der Waals surface area contributed by atoms with Crippen molar-refractivity contribution >= 4 is 34.1 Å². The van der Waals surface area contributed by atoms with Gasteiger partial charge < -0.3 is 11.1 Å². The molecule has 0 spiro atoms. The Balaban J connectivity index is 2.29. The van der Waals surface area contributed by atoms with E-state index in [9.17, 15) is 4.79 Å². The van der Waals surface area contributed by atoms with E-state index >= 15 is 0 Å². The van der Waals surface area contributed by atoms with E-state index in [1.54, 1.807) is 30.6 Å². The highest BCUT2D eigenvalue weighted by Gasteiger charge is 2.28. The molecule has 104 valence electrons. The summed E-state index contributed by atoms with van der Waals surface area (Å²) in [6.07, 6.45) is 3.83. The van der Waals surface area contributed by atoms with Crippen LogP contribution >= 0.6 is 12.2 Å². The summed E-state index contributed by atoms with van der Waals surface area (Å²) in [6, 6.07) is 5.18. The summed E-state index contributed by atoms with van der Waals surface area (Å²) in [4.78, 5) is 20.9. The first kappa shape index (κ1) is 14.3. The second kappa shape index (κ2) is 5.50. The Bertz CT molecular complexity index is 673. The Morgan fingerprint density at radius 2 is 2.00 bits per heavy atom. The zero-order chi connectivity index (χ0) is 14.8. The molecule has 3 N–H and O–H groups in total. The molecule has 0 radical (unpaired) electrons. The van der Waals surface area contributed by atoms with Crippen molar-refractivity contribution < 1.29 is 4.79 Å². The van der Waals surface area contributed by atoms with Gasteiger partial charge in [-0.3, -0.25) is 14.8 Å². The van der Waals surface area contributed by atoms with Crippen molar-refractivity contribution in [3.8, 4) is 0 Å². The molecule has 0 aliphatic carbocycles. The quantitative estimate of drug-likeness (QED) is 0.839. The summed E-state index contributed by atoms with van der Waals surface area (Å²) in [5, 5.41) is 2.87. The number of carbonyl (C=O) groups is 1. The van der Waals surface area contributed by atoms with Gasteiger partial charge in [0, 0.05) is 18.0 Å². The predicted octanol–water partition coefficient (Wildman–Crippen LogP) is 1.81. The van der Waals surface area contributed by atoms with Gasteiger partial charge in [0.1, 0.15) is 0 Å². The normalized spacial score (nSPS) is 13.7. The Morgan fingerprint density at radius 3 is 2.60 bits per heavy atom. The van der Waals surface area contributed by atoms with Crippen LogP contribution in [0.3, 0.4) is 0 Å². The molecule has 1 aromatic heterocycles. The number of thiocarbonyl (C=S) groups is 1. The smallest absolute Gasteiger partial charge is 0.252 e. The maximum Gasteiger partial charge on any atom is 0.252 e. The molecule has 5 nitrogen and oxygen atoms in total. The molecule has 1 amide bonds. The Labute approximate surface area is 122 Å². The average molecular weight is 288 g/mol. The van der Waals surface area contributed by atoms with Gasteiger partial charge in [-0.2, -0.15) is 0 Å². The van der Waals surface area contributed by atoms with Crippen LogP contribution in [-0.2, 0) is 0 Å². The fourth-order valence-electron chi connectivity index (χ4n) is 1.75. The van der Waals surface area contributed by atoms with E-state index in [0.717, 1.165) is 5.52 Å². The molecule has 1 unspecified atom stereocenters. The number of amides is 1. The van der Waals surface area contributed by atoms with E-state index in [4.69, 9.17) is 18.0 Å². The average Bonchev–Trinajstić information content (AvgIpc) is 2.46. The summed E-state index contributed by atoms with van der Waals surface area (Å²) in [5.74, 6) is -0.227. The van der Waals surface area contributed by atoms with E-state index in [1.807, 2.05) is 13.8 Å². The van der Waals surface area contributed by atoms with Crippen LogP contribution in [0, 0.1) is 0 Å². The molecule has 0 saturated heterocycles. The maximum absolute atomic E-state index is 12.3. The minimum absolute atomic E-state index is 0.227. The predicted molar refractivity (Wildman–Crippen MR) is 82.5 cm³/mol. The first-order chi connectivity index (χ1) is 9.46. The maximum atomic E-state index is 12.3. The van der Waals surface area contributed by atoms with Crippen LogP contribution in [0.4, 0.5) is 0 Å². The molecule has 0 bridgehead atoms. The molecule has 2 rings (SSSR count). The zero-order valence-electron chi connectivity index (χ0n) is 11.4. The standard InChI is InChI=1S/C14H16N4OS/c1-3-14(2,13(15)20)18-12(19)9-4-5-10-11(8-9)17-7-6-16-10/h4-8H,3H2,1-2H3,(H2,15,20)(H,18,19). The van der Waals surface area contributed by atoms with Crippen molar-refractivity contribution in [2.45, 2.75) is 25.8 Å². The molecule has 1 aromatic carbocycles. The number of benzene rings is 1. The van der Waals surface area contributed by atoms with Gasteiger partial charge in [0.05, 0.1) is 21.6 Å². The second-order valence-electron chi connectivity index (χ2n) is 4.76. The van der Waals surface area contributed by atoms with Gasteiger partial charge in [0.15, 0.2) is 0 Å². The number of fused-ring (bicyclic) bond motifs is 1. The van der Waals surface area contributed by atoms with Crippen LogP contribution in [0.25, 0.3) is 11.0 Å². The minimum Gasteiger partial charge on any atom is -0.391 e. The Morgan fingerprint density at radius 1 is 1.35 bits per heavy atom. The number of rotatable bonds is 4. The highest BCUT2D eigenvalue weighted by molar-refractivity contribution is 7.80. The summed E-state index contributed by atoms with van der Waals surface area (Å²) >= 11 is 5.02. The number of nitrogens with one attached hydrogen (secondary N) is 1. The molecular weight excluding hydrogens is 272 g/mol. The first-order valence-electron chi connectivity index (χ1n) is 6.29. The number of nitrogens with two attached hydrogens (primary N) is 1. The molecule has 0 fully saturated rings. The summed E-state index contributed by atoms with van der Waals surface area (Å²) < 4.78 is 0. The van der Waals surface area contributed by atoms with Crippen molar-refractivity contribution in [2.75, 3.05) is 0 Å². The largest absolute Gasteiger partial charge is 0.391 e. The lowest BCUT2D eigenvalue weighted by Crippen LogP contribution is -2.54. The van der Waals surface area contributed by atoms with Gasteiger partial charge >= 0.3 is 0 Å². The Kier molecular flexibility index (Phi) is 3.94. The number of carbonyl (C=O) groups excluding carboxylic acids is 1.